The molecule has 7 aromatic rings. The second-order valence-corrected chi connectivity index (χ2v) is 11.9. The second-order valence-electron chi connectivity index (χ2n) is 11.9. The highest BCUT2D eigenvalue weighted by atomic mass is 15.1. The van der Waals surface area contributed by atoms with Crippen LogP contribution in [-0.4, -0.2) is 0 Å². The molecule has 2 N–H and O–H groups in total. The molecule has 3 heteroatoms. The smallest absolute Gasteiger partial charge is 0.0464 e. The Labute approximate surface area is 277 Å². The standard InChI is InChI=1S/C44H37N3/c1-32-11-9-17-41(29-32)47(42-18-10-12-33(2)30-42)40-26-21-35(22-27-40)44-31-39(46-37-15-7-4-8-16-37)25-28-43(44)34-19-23-38(24-20-34)45-36-13-5-3-6-14-36/h3-31,45-46H,1-2H3. The molecule has 0 radical (unpaired) electrons. The first-order valence-electron chi connectivity index (χ1n) is 16.0. The quantitative estimate of drug-likeness (QED) is 0.171. The van der Waals surface area contributed by atoms with E-state index in [0.29, 0.717) is 0 Å². The van der Waals surface area contributed by atoms with E-state index in [-0.39, 0.29) is 0 Å². The molecule has 0 saturated heterocycles. The van der Waals surface area contributed by atoms with Gasteiger partial charge in [-0.1, -0.05) is 91.0 Å². The molecule has 7 aromatic carbocycles. The van der Waals surface area contributed by atoms with Gasteiger partial charge < -0.3 is 15.5 Å². The zero-order valence-corrected chi connectivity index (χ0v) is 26.7. The molecule has 0 heterocycles. The summed E-state index contributed by atoms with van der Waals surface area (Å²) in [5.74, 6) is 0. The fraction of sp³-hybridized carbons (Fsp3) is 0.0455. The van der Waals surface area contributed by atoms with Gasteiger partial charge in [-0.3, -0.25) is 0 Å². The van der Waals surface area contributed by atoms with Crippen molar-refractivity contribution in [2.24, 2.45) is 0 Å². The fourth-order valence-electron chi connectivity index (χ4n) is 5.99. The molecule has 0 spiro atoms. The summed E-state index contributed by atoms with van der Waals surface area (Å²) in [5, 5.41) is 7.10. The van der Waals surface area contributed by atoms with Crippen LogP contribution in [0.1, 0.15) is 11.1 Å². The zero-order valence-electron chi connectivity index (χ0n) is 26.7. The van der Waals surface area contributed by atoms with Gasteiger partial charge in [0, 0.05) is 39.8 Å². The number of benzene rings is 7. The van der Waals surface area contributed by atoms with E-state index in [1.807, 2.05) is 24.3 Å². The lowest BCUT2D eigenvalue weighted by Crippen LogP contribution is -2.10. The van der Waals surface area contributed by atoms with Crippen LogP contribution in [0.5, 0.6) is 0 Å². The van der Waals surface area contributed by atoms with Gasteiger partial charge in [0.1, 0.15) is 0 Å². The molecule has 0 aliphatic heterocycles. The van der Waals surface area contributed by atoms with Crippen LogP contribution in [0.25, 0.3) is 22.3 Å². The van der Waals surface area contributed by atoms with Gasteiger partial charge in [-0.15, -0.1) is 0 Å². The van der Waals surface area contributed by atoms with E-state index >= 15 is 0 Å². The van der Waals surface area contributed by atoms with Crippen LogP contribution in [0.2, 0.25) is 0 Å². The lowest BCUT2D eigenvalue weighted by Gasteiger charge is -2.26. The van der Waals surface area contributed by atoms with Crippen molar-refractivity contribution in [2.75, 3.05) is 15.5 Å². The second kappa shape index (κ2) is 13.5. The van der Waals surface area contributed by atoms with Crippen LogP contribution in [0.15, 0.2) is 176 Å². The highest BCUT2D eigenvalue weighted by molar-refractivity contribution is 5.88. The number of anilines is 7. The summed E-state index contributed by atoms with van der Waals surface area (Å²) in [6, 6.07) is 62.2. The highest BCUT2D eigenvalue weighted by Crippen LogP contribution is 2.39. The van der Waals surface area contributed by atoms with E-state index in [0.717, 1.165) is 50.9 Å². The molecule has 0 aromatic heterocycles. The number of aryl methyl sites for hydroxylation is 2. The van der Waals surface area contributed by atoms with Gasteiger partial charge >= 0.3 is 0 Å². The van der Waals surface area contributed by atoms with Crippen LogP contribution >= 0.6 is 0 Å². The number of para-hydroxylation sites is 2. The van der Waals surface area contributed by atoms with E-state index in [1.165, 1.54) is 22.3 Å². The Morgan fingerprint density at radius 1 is 0.340 bits per heavy atom. The van der Waals surface area contributed by atoms with Crippen molar-refractivity contribution in [3.8, 4) is 22.3 Å². The minimum Gasteiger partial charge on any atom is -0.356 e. The monoisotopic (exact) mass is 607 g/mol. The lowest BCUT2D eigenvalue weighted by molar-refractivity contribution is 1.26. The average molecular weight is 608 g/mol. The van der Waals surface area contributed by atoms with Crippen molar-refractivity contribution in [3.05, 3.63) is 187 Å². The number of nitrogens with zero attached hydrogens (tertiary/aromatic N) is 1. The minimum atomic E-state index is 1.04. The first-order valence-corrected chi connectivity index (χ1v) is 16.0. The molecule has 47 heavy (non-hydrogen) atoms. The third-order valence-electron chi connectivity index (χ3n) is 8.30. The molecule has 0 unspecified atom stereocenters. The number of nitrogens with one attached hydrogen (secondary N) is 2. The first-order chi connectivity index (χ1) is 23.1. The van der Waals surface area contributed by atoms with Gasteiger partial charge in [-0.05, 0) is 132 Å². The predicted octanol–water partition coefficient (Wildman–Crippen LogP) is 12.6. The number of hydrogen-bond donors (Lipinski definition) is 2. The molecule has 0 bridgehead atoms. The molecule has 0 fully saturated rings. The Bertz CT molecular complexity index is 2040. The Balaban J connectivity index is 1.27. The van der Waals surface area contributed by atoms with Crippen LogP contribution in [0.3, 0.4) is 0 Å². The zero-order chi connectivity index (χ0) is 32.0. The van der Waals surface area contributed by atoms with Crippen molar-refractivity contribution in [2.45, 2.75) is 13.8 Å². The van der Waals surface area contributed by atoms with Gasteiger partial charge in [0.25, 0.3) is 0 Å². The molecule has 0 aliphatic rings. The summed E-state index contributed by atoms with van der Waals surface area (Å²) in [5.41, 5.74) is 14.7. The number of hydrogen-bond acceptors (Lipinski definition) is 3. The third-order valence-corrected chi connectivity index (χ3v) is 8.30. The summed E-state index contributed by atoms with van der Waals surface area (Å²) in [6.45, 7) is 4.28. The summed E-state index contributed by atoms with van der Waals surface area (Å²) >= 11 is 0. The highest BCUT2D eigenvalue weighted by Gasteiger charge is 2.15. The normalized spacial score (nSPS) is 10.8. The van der Waals surface area contributed by atoms with Crippen molar-refractivity contribution in [1.29, 1.82) is 0 Å². The molecule has 0 saturated carbocycles. The maximum atomic E-state index is 3.59. The van der Waals surface area contributed by atoms with Gasteiger partial charge in [0.05, 0.1) is 0 Å². The fourth-order valence-corrected chi connectivity index (χ4v) is 5.99. The van der Waals surface area contributed by atoms with Gasteiger partial charge in [0.15, 0.2) is 0 Å². The largest absolute Gasteiger partial charge is 0.356 e. The van der Waals surface area contributed by atoms with Gasteiger partial charge in [-0.25, -0.2) is 0 Å². The molecule has 228 valence electrons. The van der Waals surface area contributed by atoms with Gasteiger partial charge in [0.2, 0.25) is 0 Å². The summed E-state index contributed by atoms with van der Waals surface area (Å²) in [7, 11) is 0. The molecule has 0 amide bonds. The van der Waals surface area contributed by atoms with Crippen molar-refractivity contribution in [3.63, 3.8) is 0 Å². The van der Waals surface area contributed by atoms with Crippen LogP contribution in [0.4, 0.5) is 39.8 Å². The van der Waals surface area contributed by atoms with Crippen LogP contribution in [0, 0.1) is 13.8 Å². The molecule has 0 atom stereocenters. The van der Waals surface area contributed by atoms with E-state index < -0.39 is 0 Å². The Hall–Kier alpha value is -6.06. The van der Waals surface area contributed by atoms with Crippen LogP contribution < -0.4 is 15.5 Å². The molecule has 0 aliphatic carbocycles. The van der Waals surface area contributed by atoms with E-state index in [9.17, 15) is 0 Å². The van der Waals surface area contributed by atoms with E-state index in [1.54, 1.807) is 0 Å². The summed E-state index contributed by atoms with van der Waals surface area (Å²) in [4.78, 5) is 2.33. The topological polar surface area (TPSA) is 27.3 Å². The van der Waals surface area contributed by atoms with Crippen molar-refractivity contribution >= 4 is 39.8 Å². The van der Waals surface area contributed by atoms with E-state index in [4.69, 9.17) is 0 Å². The predicted molar refractivity (Wildman–Crippen MR) is 201 cm³/mol. The number of rotatable bonds is 9. The Kier molecular flexibility index (Phi) is 8.52. The van der Waals surface area contributed by atoms with Crippen molar-refractivity contribution < 1.29 is 0 Å². The summed E-state index contributed by atoms with van der Waals surface area (Å²) < 4.78 is 0. The molecular weight excluding hydrogens is 571 g/mol. The van der Waals surface area contributed by atoms with Crippen molar-refractivity contribution in [1.82, 2.24) is 0 Å². The first kappa shape index (κ1) is 29.6. The summed E-state index contributed by atoms with van der Waals surface area (Å²) in [6.07, 6.45) is 0. The lowest BCUT2D eigenvalue weighted by atomic mass is 9.93. The Morgan fingerprint density at radius 3 is 1.36 bits per heavy atom. The Morgan fingerprint density at radius 2 is 0.809 bits per heavy atom. The third kappa shape index (κ3) is 6.95. The van der Waals surface area contributed by atoms with Crippen LogP contribution in [-0.2, 0) is 0 Å². The van der Waals surface area contributed by atoms with E-state index in [2.05, 4.69) is 181 Å². The maximum Gasteiger partial charge on any atom is 0.0464 e. The maximum absolute atomic E-state index is 3.59. The van der Waals surface area contributed by atoms with Gasteiger partial charge in [-0.2, -0.15) is 0 Å². The average Bonchev–Trinajstić information content (AvgIpc) is 3.10. The molecule has 7 rings (SSSR count). The molecular formula is C44H37N3. The molecule has 3 nitrogen and oxygen atoms in total. The minimum absolute atomic E-state index is 1.04. The SMILES string of the molecule is Cc1cccc(N(c2ccc(-c3cc(Nc4ccccc4)ccc3-c3ccc(Nc4ccccc4)cc3)cc2)c2cccc(C)c2)c1.